The third-order valence-electron chi connectivity index (χ3n) is 4.79. The molecule has 0 unspecified atom stereocenters. The number of carbonyl (C=O) groups excluding carboxylic acids is 2. The molecule has 1 aromatic heterocycles. The van der Waals surface area contributed by atoms with Crippen LogP contribution in [0.5, 0.6) is 5.75 Å². The first kappa shape index (κ1) is 18.7. The van der Waals surface area contributed by atoms with E-state index < -0.39 is 0 Å². The summed E-state index contributed by atoms with van der Waals surface area (Å²) in [6.07, 6.45) is 4.87. The van der Waals surface area contributed by atoms with E-state index in [1.807, 2.05) is 18.2 Å². The standard InChI is InChI=1S/C23H21N3O3/c27-22-16-29-21-9-8-19(25-23(28)18-10-12-24-13-11-18)15-20(21)26(22)14-4-7-17-5-2-1-3-6-17/h1-3,5-6,8-13,15H,4,7,14,16H2,(H,25,28). The van der Waals surface area contributed by atoms with Crippen LogP contribution in [-0.2, 0) is 11.2 Å². The maximum atomic E-state index is 12.5. The fourth-order valence-corrected chi connectivity index (χ4v) is 3.32. The number of benzene rings is 2. The second-order valence-corrected chi connectivity index (χ2v) is 6.80. The van der Waals surface area contributed by atoms with Crippen molar-refractivity contribution in [2.75, 3.05) is 23.4 Å². The molecule has 1 aliphatic heterocycles. The molecule has 0 aliphatic carbocycles. The molecule has 2 aromatic carbocycles. The summed E-state index contributed by atoms with van der Waals surface area (Å²) in [5, 5.41) is 2.87. The van der Waals surface area contributed by atoms with Crippen LogP contribution in [0.4, 0.5) is 11.4 Å². The van der Waals surface area contributed by atoms with E-state index in [1.165, 1.54) is 5.56 Å². The van der Waals surface area contributed by atoms with Crippen molar-refractivity contribution in [2.24, 2.45) is 0 Å². The van der Waals surface area contributed by atoms with Gasteiger partial charge in [-0.15, -0.1) is 0 Å². The normalized spacial score (nSPS) is 12.8. The molecule has 0 spiro atoms. The maximum Gasteiger partial charge on any atom is 0.265 e. The van der Waals surface area contributed by atoms with Gasteiger partial charge in [0.05, 0.1) is 5.69 Å². The van der Waals surface area contributed by atoms with Crippen molar-refractivity contribution in [3.63, 3.8) is 0 Å². The minimum atomic E-state index is -0.231. The van der Waals surface area contributed by atoms with Crippen LogP contribution in [0.1, 0.15) is 22.3 Å². The lowest BCUT2D eigenvalue weighted by Gasteiger charge is -2.30. The van der Waals surface area contributed by atoms with E-state index >= 15 is 0 Å². The lowest BCUT2D eigenvalue weighted by atomic mass is 10.1. The largest absolute Gasteiger partial charge is 0.482 e. The number of ether oxygens (including phenoxy) is 1. The van der Waals surface area contributed by atoms with Crippen molar-refractivity contribution >= 4 is 23.2 Å². The Labute approximate surface area is 169 Å². The van der Waals surface area contributed by atoms with Crippen LogP contribution in [0, 0.1) is 0 Å². The minimum absolute atomic E-state index is 0.0288. The van der Waals surface area contributed by atoms with Gasteiger partial charge in [-0.25, -0.2) is 0 Å². The van der Waals surface area contributed by atoms with Crippen LogP contribution < -0.4 is 15.0 Å². The number of fused-ring (bicyclic) bond motifs is 1. The highest BCUT2D eigenvalue weighted by molar-refractivity contribution is 6.05. The SMILES string of the molecule is O=C(Nc1ccc2c(c1)N(CCCc1ccccc1)C(=O)CO2)c1ccncc1. The van der Waals surface area contributed by atoms with E-state index in [2.05, 4.69) is 22.4 Å². The Morgan fingerprint density at radius 3 is 2.66 bits per heavy atom. The Kier molecular flexibility index (Phi) is 5.52. The number of nitrogens with one attached hydrogen (secondary N) is 1. The van der Waals surface area contributed by atoms with Crippen molar-refractivity contribution in [3.8, 4) is 5.75 Å². The summed E-state index contributed by atoms with van der Waals surface area (Å²) in [5.74, 6) is 0.334. The van der Waals surface area contributed by atoms with Gasteiger partial charge in [-0.2, -0.15) is 0 Å². The van der Waals surface area contributed by atoms with Crippen LogP contribution in [0.2, 0.25) is 0 Å². The van der Waals surface area contributed by atoms with Gasteiger partial charge in [0.1, 0.15) is 5.75 Å². The van der Waals surface area contributed by atoms with Gasteiger partial charge < -0.3 is 15.0 Å². The fourth-order valence-electron chi connectivity index (χ4n) is 3.32. The summed E-state index contributed by atoms with van der Waals surface area (Å²) in [4.78, 5) is 30.5. The number of anilines is 2. The molecule has 146 valence electrons. The van der Waals surface area contributed by atoms with Crippen LogP contribution in [0.15, 0.2) is 73.1 Å². The maximum absolute atomic E-state index is 12.5. The zero-order valence-electron chi connectivity index (χ0n) is 15.9. The molecule has 6 heteroatoms. The first-order valence-corrected chi connectivity index (χ1v) is 9.53. The molecule has 2 amide bonds. The Balaban J connectivity index is 1.48. The van der Waals surface area contributed by atoms with Gasteiger partial charge in [0.25, 0.3) is 11.8 Å². The molecule has 0 saturated carbocycles. The average Bonchev–Trinajstić information content (AvgIpc) is 2.76. The quantitative estimate of drug-likeness (QED) is 0.700. The van der Waals surface area contributed by atoms with E-state index in [4.69, 9.17) is 4.74 Å². The smallest absolute Gasteiger partial charge is 0.265 e. The molecule has 0 atom stereocenters. The van der Waals surface area contributed by atoms with Gasteiger partial charge in [-0.3, -0.25) is 14.6 Å². The molecule has 6 nitrogen and oxygen atoms in total. The Morgan fingerprint density at radius 2 is 1.86 bits per heavy atom. The Hall–Kier alpha value is -3.67. The third-order valence-corrected chi connectivity index (χ3v) is 4.79. The molecule has 1 N–H and O–H groups in total. The van der Waals surface area contributed by atoms with Crippen LogP contribution in [-0.4, -0.2) is 29.9 Å². The molecule has 1 aliphatic rings. The predicted molar refractivity (Wildman–Crippen MR) is 111 cm³/mol. The van der Waals surface area contributed by atoms with Gasteiger partial charge >= 0.3 is 0 Å². The van der Waals surface area contributed by atoms with E-state index in [0.29, 0.717) is 29.2 Å². The van der Waals surface area contributed by atoms with E-state index in [0.717, 1.165) is 12.8 Å². The number of carbonyl (C=O) groups is 2. The second-order valence-electron chi connectivity index (χ2n) is 6.80. The second kappa shape index (κ2) is 8.56. The molecular weight excluding hydrogens is 366 g/mol. The van der Waals surface area contributed by atoms with Crippen molar-refractivity contribution < 1.29 is 14.3 Å². The average molecular weight is 387 g/mol. The number of hydrogen-bond acceptors (Lipinski definition) is 4. The zero-order chi connectivity index (χ0) is 20.1. The molecule has 0 bridgehead atoms. The molecule has 2 heterocycles. The monoisotopic (exact) mass is 387 g/mol. The lowest BCUT2D eigenvalue weighted by Crippen LogP contribution is -2.39. The molecule has 0 radical (unpaired) electrons. The third kappa shape index (κ3) is 4.43. The number of aromatic nitrogens is 1. The van der Waals surface area contributed by atoms with E-state index in [-0.39, 0.29) is 18.4 Å². The summed E-state index contributed by atoms with van der Waals surface area (Å²) < 4.78 is 5.56. The zero-order valence-corrected chi connectivity index (χ0v) is 15.9. The topological polar surface area (TPSA) is 71.5 Å². The summed E-state index contributed by atoms with van der Waals surface area (Å²) in [6, 6.07) is 18.8. The summed E-state index contributed by atoms with van der Waals surface area (Å²) in [7, 11) is 0. The molecule has 0 saturated heterocycles. The van der Waals surface area contributed by atoms with E-state index in [9.17, 15) is 9.59 Å². The number of aryl methyl sites for hydroxylation is 1. The number of nitrogens with zero attached hydrogens (tertiary/aromatic N) is 2. The molecule has 29 heavy (non-hydrogen) atoms. The van der Waals surface area contributed by atoms with Crippen LogP contribution >= 0.6 is 0 Å². The van der Waals surface area contributed by atoms with E-state index in [1.54, 1.807) is 47.6 Å². The number of amides is 2. The van der Waals surface area contributed by atoms with Crippen molar-refractivity contribution in [3.05, 3.63) is 84.2 Å². The van der Waals surface area contributed by atoms with Crippen LogP contribution in [0.3, 0.4) is 0 Å². The van der Waals surface area contributed by atoms with Gasteiger partial charge in [-0.1, -0.05) is 30.3 Å². The summed E-state index contributed by atoms with van der Waals surface area (Å²) in [5.41, 5.74) is 3.05. The van der Waals surface area contributed by atoms with Crippen molar-refractivity contribution in [1.82, 2.24) is 4.98 Å². The first-order chi connectivity index (χ1) is 14.2. The highest BCUT2D eigenvalue weighted by Gasteiger charge is 2.25. The van der Waals surface area contributed by atoms with Crippen molar-refractivity contribution in [1.29, 1.82) is 0 Å². The van der Waals surface area contributed by atoms with Gasteiger partial charge in [-0.05, 0) is 48.7 Å². The number of rotatable bonds is 6. The van der Waals surface area contributed by atoms with Gasteiger partial charge in [0, 0.05) is 30.2 Å². The molecular formula is C23H21N3O3. The molecule has 3 aromatic rings. The highest BCUT2D eigenvalue weighted by Crippen LogP contribution is 2.35. The minimum Gasteiger partial charge on any atom is -0.482 e. The fraction of sp³-hybridized carbons (Fsp3) is 0.174. The number of pyridine rings is 1. The van der Waals surface area contributed by atoms with Gasteiger partial charge in [0.15, 0.2) is 6.61 Å². The predicted octanol–water partition coefficient (Wildman–Crippen LogP) is 3.69. The summed E-state index contributed by atoms with van der Waals surface area (Å²) >= 11 is 0. The number of hydrogen-bond donors (Lipinski definition) is 1. The van der Waals surface area contributed by atoms with Gasteiger partial charge in [0.2, 0.25) is 0 Å². The van der Waals surface area contributed by atoms with Crippen molar-refractivity contribution in [2.45, 2.75) is 12.8 Å². The Morgan fingerprint density at radius 1 is 1.07 bits per heavy atom. The van der Waals surface area contributed by atoms with Crippen LogP contribution in [0.25, 0.3) is 0 Å². The Bertz CT molecular complexity index is 1010. The highest BCUT2D eigenvalue weighted by atomic mass is 16.5. The summed E-state index contributed by atoms with van der Waals surface area (Å²) in [6.45, 7) is 0.618. The molecule has 0 fully saturated rings. The lowest BCUT2D eigenvalue weighted by molar-refractivity contribution is -0.121. The molecule has 4 rings (SSSR count). The first-order valence-electron chi connectivity index (χ1n) is 9.53.